The van der Waals surface area contributed by atoms with Crippen LogP contribution in [0.1, 0.15) is 23.3 Å². The van der Waals surface area contributed by atoms with Crippen molar-refractivity contribution in [2.75, 3.05) is 41.4 Å². The van der Waals surface area contributed by atoms with Crippen LogP contribution in [0.5, 0.6) is 0 Å². The molecule has 3 amide bonds. The molecule has 2 N–H and O–H groups in total. The third-order valence-electron chi connectivity index (χ3n) is 5.57. The molecule has 2 bridgehead atoms. The molecule has 5 rings (SSSR count). The molecule has 0 radical (unpaired) electrons. The van der Waals surface area contributed by atoms with Crippen LogP contribution in [-0.2, 0) is 4.74 Å². The zero-order valence-electron chi connectivity index (χ0n) is 15.9. The number of hydrogen-bond acceptors (Lipinski definition) is 6. The van der Waals surface area contributed by atoms with Gasteiger partial charge >= 0.3 is 6.03 Å². The zero-order valence-corrected chi connectivity index (χ0v) is 15.9. The molecule has 2 fully saturated rings. The SMILES string of the molecule is O=C(NC1CCOC1)c1ccc2c(n1)N(C(=O)Nc1ccccn1)C1CCN2C1. The van der Waals surface area contributed by atoms with Crippen molar-refractivity contribution in [2.45, 2.75) is 24.9 Å². The van der Waals surface area contributed by atoms with Crippen LogP contribution in [0.3, 0.4) is 0 Å². The summed E-state index contributed by atoms with van der Waals surface area (Å²) >= 11 is 0. The normalized spacial score (nSPS) is 22.3. The highest BCUT2D eigenvalue weighted by Crippen LogP contribution is 2.39. The monoisotopic (exact) mass is 394 g/mol. The van der Waals surface area contributed by atoms with Gasteiger partial charge in [-0.3, -0.25) is 15.0 Å². The highest BCUT2D eigenvalue weighted by Gasteiger charge is 2.40. The molecule has 3 aliphatic heterocycles. The van der Waals surface area contributed by atoms with Gasteiger partial charge in [0.05, 0.1) is 24.4 Å². The van der Waals surface area contributed by atoms with Crippen LogP contribution in [0.25, 0.3) is 0 Å². The number of carbonyl (C=O) groups excluding carboxylic acids is 2. The first-order valence-corrected chi connectivity index (χ1v) is 9.85. The van der Waals surface area contributed by atoms with E-state index in [1.165, 1.54) is 0 Å². The van der Waals surface area contributed by atoms with Crippen LogP contribution in [0, 0.1) is 0 Å². The van der Waals surface area contributed by atoms with E-state index in [1.807, 2.05) is 12.1 Å². The molecule has 2 atom stereocenters. The van der Waals surface area contributed by atoms with Gasteiger partial charge in [0.25, 0.3) is 5.91 Å². The summed E-state index contributed by atoms with van der Waals surface area (Å²) in [5.74, 6) is 0.749. The van der Waals surface area contributed by atoms with E-state index < -0.39 is 0 Å². The van der Waals surface area contributed by atoms with E-state index in [9.17, 15) is 9.59 Å². The fraction of sp³-hybridized carbons (Fsp3) is 0.400. The lowest BCUT2D eigenvalue weighted by Gasteiger charge is -2.35. The van der Waals surface area contributed by atoms with Gasteiger partial charge in [-0.25, -0.2) is 14.8 Å². The van der Waals surface area contributed by atoms with E-state index >= 15 is 0 Å². The number of aromatic nitrogens is 2. The molecule has 3 aliphatic rings. The Balaban J connectivity index is 1.43. The number of carbonyl (C=O) groups is 2. The fourth-order valence-electron chi connectivity index (χ4n) is 4.11. The Hall–Kier alpha value is -3.20. The van der Waals surface area contributed by atoms with Gasteiger partial charge in [-0.15, -0.1) is 0 Å². The predicted octanol–water partition coefficient (Wildman–Crippen LogP) is 1.63. The maximum absolute atomic E-state index is 13.1. The van der Waals surface area contributed by atoms with Crippen LogP contribution in [0.2, 0.25) is 0 Å². The van der Waals surface area contributed by atoms with E-state index in [0.717, 1.165) is 31.6 Å². The lowest BCUT2D eigenvalue weighted by Crippen LogP contribution is -2.48. The standard InChI is InChI=1S/C20H22N6O3/c27-19(22-13-7-10-29-12-13)15-4-5-16-18(23-15)26(14-6-9-25(16)11-14)20(28)24-17-3-1-2-8-21-17/h1-5,8,13-14H,6-7,9-12H2,(H,22,27)(H,21,24,28). The number of nitrogens with zero attached hydrogens (tertiary/aromatic N) is 4. The van der Waals surface area contributed by atoms with Gasteiger partial charge in [0.2, 0.25) is 0 Å². The number of rotatable bonds is 3. The van der Waals surface area contributed by atoms with Gasteiger partial charge in [-0.05, 0) is 37.1 Å². The fourth-order valence-corrected chi connectivity index (χ4v) is 4.11. The van der Waals surface area contributed by atoms with E-state index in [0.29, 0.717) is 30.5 Å². The van der Waals surface area contributed by atoms with E-state index in [-0.39, 0.29) is 24.0 Å². The molecule has 5 heterocycles. The summed E-state index contributed by atoms with van der Waals surface area (Å²) in [6.07, 6.45) is 3.28. The van der Waals surface area contributed by atoms with Gasteiger partial charge in [-0.1, -0.05) is 6.07 Å². The van der Waals surface area contributed by atoms with Crippen molar-refractivity contribution in [3.05, 3.63) is 42.2 Å². The smallest absolute Gasteiger partial charge is 0.329 e. The summed E-state index contributed by atoms with van der Waals surface area (Å²) in [5.41, 5.74) is 1.17. The van der Waals surface area contributed by atoms with Crippen LogP contribution in [0.15, 0.2) is 36.5 Å². The molecule has 2 saturated heterocycles. The molecule has 9 heteroatoms. The van der Waals surface area contributed by atoms with Gasteiger partial charge in [0.15, 0.2) is 5.82 Å². The van der Waals surface area contributed by atoms with Crippen molar-refractivity contribution in [1.29, 1.82) is 0 Å². The Labute approximate surface area is 168 Å². The summed E-state index contributed by atoms with van der Waals surface area (Å²) in [4.78, 5) is 38.4. The number of anilines is 3. The molecular formula is C20H22N6O3. The van der Waals surface area contributed by atoms with E-state index in [1.54, 1.807) is 29.3 Å². The number of nitrogens with one attached hydrogen (secondary N) is 2. The molecule has 0 aromatic carbocycles. The number of hydrogen-bond donors (Lipinski definition) is 2. The summed E-state index contributed by atoms with van der Waals surface area (Å²) in [6.45, 7) is 2.79. The number of fused-ring (bicyclic) bond motifs is 4. The molecule has 0 spiro atoms. The van der Waals surface area contributed by atoms with Gasteiger partial charge in [0, 0.05) is 25.9 Å². The maximum atomic E-state index is 13.1. The predicted molar refractivity (Wildman–Crippen MR) is 107 cm³/mol. The second-order valence-electron chi connectivity index (χ2n) is 7.48. The Morgan fingerprint density at radius 3 is 2.90 bits per heavy atom. The van der Waals surface area contributed by atoms with Crippen molar-refractivity contribution >= 4 is 29.3 Å². The van der Waals surface area contributed by atoms with E-state index in [4.69, 9.17) is 4.74 Å². The van der Waals surface area contributed by atoms with Crippen molar-refractivity contribution in [3.63, 3.8) is 0 Å². The minimum Gasteiger partial charge on any atom is -0.379 e. The molecular weight excluding hydrogens is 372 g/mol. The van der Waals surface area contributed by atoms with Crippen molar-refractivity contribution in [2.24, 2.45) is 0 Å². The number of ether oxygens (including phenoxy) is 1. The quantitative estimate of drug-likeness (QED) is 0.821. The molecule has 29 heavy (non-hydrogen) atoms. The van der Waals surface area contributed by atoms with Crippen LogP contribution in [0.4, 0.5) is 22.1 Å². The summed E-state index contributed by atoms with van der Waals surface area (Å²) in [6, 6.07) is 8.68. The topological polar surface area (TPSA) is 99.7 Å². The average Bonchev–Trinajstić information content (AvgIpc) is 3.39. The minimum absolute atomic E-state index is 0.00354. The highest BCUT2D eigenvalue weighted by molar-refractivity contribution is 6.05. The maximum Gasteiger partial charge on any atom is 0.329 e. The largest absolute Gasteiger partial charge is 0.379 e. The molecule has 2 unspecified atom stereocenters. The molecule has 0 saturated carbocycles. The van der Waals surface area contributed by atoms with Gasteiger partial charge in [-0.2, -0.15) is 0 Å². The summed E-state index contributed by atoms with van der Waals surface area (Å²) < 4.78 is 5.32. The Kier molecular flexibility index (Phi) is 4.51. The first-order valence-electron chi connectivity index (χ1n) is 9.85. The van der Waals surface area contributed by atoms with Gasteiger partial charge in [0.1, 0.15) is 11.5 Å². The minimum atomic E-state index is -0.286. The second kappa shape index (κ2) is 7.32. The first kappa shape index (κ1) is 17.9. The Bertz CT molecular complexity index is 931. The van der Waals surface area contributed by atoms with Crippen LogP contribution >= 0.6 is 0 Å². The number of urea groups is 1. The van der Waals surface area contributed by atoms with Crippen LogP contribution in [-0.4, -0.2) is 60.3 Å². The molecule has 2 aromatic heterocycles. The summed E-state index contributed by atoms with van der Waals surface area (Å²) in [7, 11) is 0. The summed E-state index contributed by atoms with van der Waals surface area (Å²) in [5, 5.41) is 5.80. The lowest BCUT2D eigenvalue weighted by atomic mass is 10.1. The molecule has 150 valence electrons. The second-order valence-corrected chi connectivity index (χ2v) is 7.48. The van der Waals surface area contributed by atoms with Crippen LogP contribution < -0.4 is 20.4 Å². The third kappa shape index (κ3) is 3.38. The number of amides is 3. The van der Waals surface area contributed by atoms with Crippen molar-refractivity contribution in [1.82, 2.24) is 15.3 Å². The van der Waals surface area contributed by atoms with E-state index in [2.05, 4.69) is 25.5 Å². The number of pyridine rings is 2. The highest BCUT2D eigenvalue weighted by atomic mass is 16.5. The van der Waals surface area contributed by atoms with Crippen molar-refractivity contribution in [3.8, 4) is 0 Å². The first-order chi connectivity index (χ1) is 14.2. The van der Waals surface area contributed by atoms with Crippen molar-refractivity contribution < 1.29 is 14.3 Å². The van der Waals surface area contributed by atoms with Gasteiger partial charge < -0.3 is 15.0 Å². The Morgan fingerprint density at radius 1 is 1.17 bits per heavy atom. The lowest BCUT2D eigenvalue weighted by molar-refractivity contribution is 0.0925. The molecule has 2 aromatic rings. The third-order valence-corrected chi connectivity index (χ3v) is 5.57. The molecule has 9 nitrogen and oxygen atoms in total. The molecule has 0 aliphatic carbocycles. The Morgan fingerprint density at radius 2 is 2.10 bits per heavy atom. The average molecular weight is 394 g/mol. The zero-order chi connectivity index (χ0) is 19.8.